The van der Waals surface area contributed by atoms with E-state index in [1.54, 1.807) is 55.5 Å². The number of amides is 2. The number of hydrogen-bond acceptors (Lipinski definition) is 9. The molecule has 0 fully saturated rings. The molecule has 2 aromatic carbocycles. The molecule has 2 amide bonds. The number of anilines is 1. The monoisotopic (exact) mass is 535 g/mol. The van der Waals surface area contributed by atoms with Crippen LogP contribution in [0.25, 0.3) is 0 Å². The fraction of sp³-hybridized carbons (Fsp3) is 0.222. The molecule has 1 aliphatic rings. The van der Waals surface area contributed by atoms with Gasteiger partial charge in [0.15, 0.2) is 0 Å². The van der Waals surface area contributed by atoms with Crippen LogP contribution in [0.5, 0.6) is 11.5 Å². The number of ether oxygens (including phenoxy) is 3. The van der Waals surface area contributed by atoms with Crippen molar-refractivity contribution in [2.24, 2.45) is 5.10 Å². The number of nitrogens with zero attached hydrogens (tertiary/aromatic N) is 1. The number of carbonyl (C=O) groups excluding carboxylic acids is 4. The van der Waals surface area contributed by atoms with E-state index in [2.05, 4.69) is 15.8 Å². The van der Waals surface area contributed by atoms with Gasteiger partial charge in [-0.2, -0.15) is 5.10 Å². The number of fused-ring (bicyclic) bond motifs is 1. The second-order valence-electron chi connectivity index (χ2n) is 8.13. The van der Waals surface area contributed by atoms with Crippen molar-refractivity contribution in [3.05, 3.63) is 75.7 Å². The Bertz CT molecular complexity index is 1410. The number of hydrazone groups is 1. The third-order valence-electron chi connectivity index (χ3n) is 5.59. The third-order valence-corrected chi connectivity index (χ3v) is 6.80. The first-order valence-electron chi connectivity index (χ1n) is 11.8. The quantitative estimate of drug-likeness (QED) is 0.148. The van der Waals surface area contributed by atoms with E-state index in [0.717, 1.165) is 29.7 Å². The number of hydrogen-bond donors (Lipinski definition) is 2. The molecule has 0 aliphatic heterocycles. The Kier molecular flexibility index (Phi) is 8.49. The number of methoxy groups -OCH3 is 1. The van der Waals surface area contributed by atoms with Crippen LogP contribution in [0.2, 0.25) is 0 Å². The lowest BCUT2D eigenvalue weighted by Gasteiger charge is -2.07. The summed E-state index contributed by atoms with van der Waals surface area (Å²) in [6.45, 7) is 1.90. The molecule has 0 bridgehead atoms. The van der Waals surface area contributed by atoms with Gasteiger partial charge in [-0.1, -0.05) is 18.2 Å². The van der Waals surface area contributed by atoms with E-state index in [0.29, 0.717) is 27.4 Å². The maximum atomic E-state index is 12.5. The summed E-state index contributed by atoms with van der Waals surface area (Å²) >= 11 is 1.28. The molecular weight excluding hydrogens is 510 g/mol. The van der Waals surface area contributed by atoms with Crippen molar-refractivity contribution in [3.8, 4) is 11.5 Å². The first-order valence-corrected chi connectivity index (χ1v) is 12.6. The zero-order chi connectivity index (χ0) is 27.1. The summed E-state index contributed by atoms with van der Waals surface area (Å²) in [6.07, 6.45) is 3.77. The topological polar surface area (TPSA) is 132 Å². The second-order valence-corrected chi connectivity index (χ2v) is 9.23. The number of rotatable bonds is 8. The lowest BCUT2D eigenvalue weighted by molar-refractivity contribution is -0.136. The predicted molar refractivity (Wildman–Crippen MR) is 141 cm³/mol. The van der Waals surface area contributed by atoms with Crippen molar-refractivity contribution in [1.82, 2.24) is 5.43 Å². The first kappa shape index (κ1) is 26.6. The minimum atomic E-state index is -1.01. The summed E-state index contributed by atoms with van der Waals surface area (Å²) in [5.74, 6) is -2.26. The molecule has 0 radical (unpaired) electrons. The van der Waals surface area contributed by atoms with Gasteiger partial charge in [0.1, 0.15) is 16.5 Å². The lowest BCUT2D eigenvalue weighted by atomic mass is 10.1. The number of carbonyl (C=O) groups is 4. The van der Waals surface area contributed by atoms with Crippen LogP contribution in [-0.4, -0.2) is 43.7 Å². The van der Waals surface area contributed by atoms with Crippen LogP contribution >= 0.6 is 11.3 Å². The molecule has 1 heterocycles. The molecule has 196 valence electrons. The Hall–Kier alpha value is -4.51. The van der Waals surface area contributed by atoms with E-state index in [4.69, 9.17) is 14.2 Å². The highest BCUT2D eigenvalue weighted by Gasteiger charge is 2.29. The molecule has 0 saturated carbocycles. The highest BCUT2D eigenvalue weighted by molar-refractivity contribution is 7.17. The molecule has 38 heavy (non-hydrogen) atoms. The van der Waals surface area contributed by atoms with Crippen LogP contribution in [0.4, 0.5) is 5.00 Å². The van der Waals surface area contributed by atoms with Crippen molar-refractivity contribution in [2.75, 3.05) is 19.0 Å². The first-order chi connectivity index (χ1) is 18.4. The molecule has 11 heteroatoms. The van der Waals surface area contributed by atoms with Gasteiger partial charge < -0.3 is 19.5 Å². The van der Waals surface area contributed by atoms with Gasteiger partial charge in [-0.15, -0.1) is 11.3 Å². The molecule has 10 nitrogen and oxygen atoms in total. The van der Waals surface area contributed by atoms with Gasteiger partial charge in [0.05, 0.1) is 31.1 Å². The third kappa shape index (κ3) is 6.24. The van der Waals surface area contributed by atoms with Crippen LogP contribution in [0.1, 0.15) is 50.1 Å². The minimum Gasteiger partial charge on any atom is -0.497 e. The van der Waals surface area contributed by atoms with E-state index < -0.39 is 23.8 Å². The smallest absolute Gasteiger partial charge is 0.343 e. The Morgan fingerprint density at radius 1 is 1.00 bits per heavy atom. The molecular formula is C27H25N3O7S. The molecule has 0 spiro atoms. The number of benzene rings is 2. The predicted octanol–water partition coefficient (Wildman–Crippen LogP) is 3.73. The van der Waals surface area contributed by atoms with Crippen molar-refractivity contribution in [2.45, 2.75) is 26.2 Å². The molecule has 4 rings (SSSR count). The van der Waals surface area contributed by atoms with E-state index in [1.807, 2.05) is 0 Å². The fourth-order valence-corrected chi connectivity index (χ4v) is 5.13. The lowest BCUT2D eigenvalue weighted by Crippen LogP contribution is -2.32. The zero-order valence-corrected chi connectivity index (χ0v) is 21.6. The van der Waals surface area contributed by atoms with Crippen LogP contribution < -0.4 is 20.2 Å². The van der Waals surface area contributed by atoms with Gasteiger partial charge >= 0.3 is 23.8 Å². The van der Waals surface area contributed by atoms with E-state index in [9.17, 15) is 19.2 Å². The molecule has 3 aromatic rings. The zero-order valence-electron chi connectivity index (χ0n) is 20.7. The fourth-order valence-electron chi connectivity index (χ4n) is 3.86. The number of esters is 2. The molecule has 0 atom stereocenters. The SMILES string of the molecule is CCOC(=O)c1c(NC(=O)C(=O)NN=Cc2cccc(OC(=O)c3cccc(OC)c3)c2)sc2c1CCC2. The Balaban J connectivity index is 1.36. The largest absolute Gasteiger partial charge is 0.497 e. The summed E-state index contributed by atoms with van der Waals surface area (Å²) in [4.78, 5) is 50.7. The van der Waals surface area contributed by atoms with E-state index in [1.165, 1.54) is 24.7 Å². The summed E-state index contributed by atoms with van der Waals surface area (Å²) < 4.78 is 15.7. The van der Waals surface area contributed by atoms with Crippen molar-refractivity contribution >= 4 is 46.3 Å². The van der Waals surface area contributed by atoms with Gasteiger partial charge in [-0.25, -0.2) is 15.0 Å². The number of aryl methyl sites for hydroxylation is 1. The number of thiophene rings is 1. The maximum absolute atomic E-state index is 12.5. The molecule has 1 aliphatic carbocycles. The summed E-state index contributed by atoms with van der Waals surface area (Å²) in [6, 6.07) is 13.0. The van der Waals surface area contributed by atoms with Crippen LogP contribution in [-0.2, 0) is 27.2 Å². The van der Waals surface area contributed by atoms with Crippen molar-refractivity contribution in [3.63, 3.8) is 0 Å². The van der Waals surface area contributed by atoms with Gasteiger partial charge in [-0.05, 0) is 67.6 Å². The molecule has 2 N–H and O–H groups in total. The molecule has 0 unspecified atom stereocenters. The van der Waals surface area contributed by atoms with E-state index >= 15 is 0 Å². The van der Waals surface area contributed by atoms with Gasteiger partial charge in [0.25, 0.3) is 0 Å². The maximum Gasteiger partial charge on any atom is 0.343 e. The minimum absolute atomic E-state index is 0.202. The van der Waals surface area contributed by atoms with Gasteiger partial charge in [-0.3, -0.25) is 9.59 Å². The highest BCUT2D eigenvalue weighted by atomic mass is 32.1. The van der Waals surface area contributed by atoms with Gasteiger partial charge in [0.2, 0.25) is 0 Å². The second kappa shape index (κ2) is 12.2. The van der Waals surface area contributed by atoms with Gasteiger partial charge in [0, 0.05) is 4.88 Å². The van der Waals surface area contributed by atoms with Crippen LogP contribution in [0.3, 0.4) is 0 Å². The molecule has 1 aromatic heterocycles. The molecule has 0 saturated heterocycles. The number of nitrogens with one attached hydrogen (secondary N) is 2. The Morgan fingerprint density at radius 3 is 2.58 bits per heavy atom. The van der Waals surface area contributed by atoms with E-state index in [-0.39, 0.29) is 12.4 Å². The Labute approximate surface area is 222 Å². The van der Waals surface area contributed by atoms with Crippen molar-refractivity contribution < 1.29 is 33.4 Å². The average molecular weight is 536 g/mol. The summed E-state index contributed by atoms with van der Waals surface area (Å²) in [5.41, 5.74) is 4.18. The van der Waals surface area contributed by atoms with Crippen molar-refractivity contribution in [1.29, 1.82) is 0 Å². The highest BCUT2D eigenvalue weighted by Crippen LogP contribution is 2.39. The standard InChI is InChI=1S/C27H25N3O7S/c1-3-36-27(34)22-20-11-6-12-21(20)38-25(22)29-23(31)24(32)30-28-15-16-7-4-10-19(13-16)37-26(33)17-8-5-9-18(14-17)35-2/h4-5,7-10,13-15H,3,6,11-12H2,1-2H3,(H,29,31)(H,30,32). The van der Waals surface area contributed by atoms with Crippen LogP contribution in [0, 0.1) is 0 Å². The average Bonchev–Trinajstić information content (AvgIpc) is 3.50. The summed E-state index contributed by atoms with van der Waals surface area (Å²) in [7, 11) is 1.50. The summed E-state index contributed by atoms with van der Waals surface area (Å²) in [5, 5.41) is 6.61. The Morgan fingerprint density at radius 2 is 1.79 bits per heavy atom. The van der Waals surface area contributed by atoms with Crippen LogP contribution in [0.15, 0.2) is 53.6 Å². The normalized spacial score (nSPS) is 12.1.